The summed E-state index contributed by atoms with van der Waals surface area (Å²) in [6.07, 6.45) is -0.190. The first-order valence-corrected chi connectivity index (χ1v) is 6.46. The molecule has 0 aromatic carbocycles. The zero-order valence-electron chi connectivity index (χ0n) is 11.6. The molecule has 0 aliphatic carbocycles. The molecule has 0 fully saturated rings. The lowest BCUT2D eigenvalue weighted by molar-refractivity contribution is 0.0182. The van der Waals surface area contributed by atoms with Crippen molar-refractivity contribution in [2.45, 2.75) is 33.1 Å². The number of hydrogen-bond donors (Lipinski definition) is 0. The molecule has 5 nitrogen and oxygen atoms in total. The van der Waals surface area contributed by atoms with Crippen LogP contribution in [0, 0.1) is 0 Å². The Morgan fingerprint density at radius 2 is 2.15 bits per heavy atom. The number of aryl methyl sites for hydroxylation is 1. The molecule has 1 aromatic rings. The predicted octanol–water partition coefficient (Wildman–Crippen LogP) is 2.04. The van der Waals surface area contributed by atoms with Gasteiger partial charge in [0.1, 0.15) is 12.4 Å². The molecule has 0 bridgehead atoms. The van der Waals surface area contributed by atoms with E-state index >= 15 is 0 Å². The van der Waals surface area contributed by atoms with Crippen molar-refractivity contribution in [3.63, 3.8) is 0 Å². The van der Waals surface area contributed by atoms with Gasteiger partial charge in [0.25, 0.3) is 6.43 Å². The Balaban J connectivity index is 2.64. The summed E-state index contributed by atoms with van der Waals surface area (Å²) < 4.78 is 33.4. The summed E-state index contributed by atoms with van der Waals surface area (Å²) in [5.41, 5.74) is 0.925. The van der Waals surface area contributed by atoms with Crippen molar-refractivity contribution in [1.82, 2.24) is 9.97 Å². The Bertz CT molecular complexity index is 442. The third-order valence-corrected chi connectivity index (χ3v) is 2.46. The average molecular weight is 288 g/mol. The SMILES string of the molecule is CCOC(=O)c1cnc(CCOCC(F)F)nc1CC. The molecule has 0 saturated carbocycles. The molecule has 1 rings (SSSR count). The van der Waals surface area contributed by atoms with Crippen molar-refractivity contribution in [3.8, 4) is 0 Å². The zero-order valence-corrected chi connectivity index (χ0v) is 11.6. The molecule has 0 spiro atoms. The number of halogens is 2. The summed E-state index contributed by atoms with van der Waals surface area (Å²) in [7, 11) is 0. The van der Waals surface area contributed by atoms with Crippen molar-refractivity contribution >= 4 is 5.97 Å². The van der Waals surface area contributed by atoms with Gasteiger partial charge in [-0.15, -0.1) is 0 Å². The lowest BCUT2D eigenvalue weighted by Crippen LogP contribution is -2.13. The van der Waals surface area contributed by atoms with Crippen LogP contribution in [0.15, 0.2) is 6.20 Å². The quantitative estimate of drug-likeness (QED) is 0.541. The lowest BCUT2D eigenvalue weighted by atomic mass is 10.2. The lowest BCUT2D eigenvalue weighted by Gasteiger charge is -2.08. The number of aromatic nitrogens is 2. The second kappa shape index (κ2) is 8.52. The van der Waals surface area contributed by atoms with E-state index < -0.39 is 19.0 Å². The largest absolute Gasteiger partial charge is 0.462 e. The Hall–Kier alpha value is -1.63. The monoisotopic (exact) mass is 288 g/mol. The van der Waals surface area contributed by atoms with Crippen LogP contribution in [0.1, 0.15) is 35.7 Å². The van der Waals surface area contributed by atoms with Crippen LogP contribution >= 0.6 is 0 Å². The summed E-state index contributed by atoms with van der Waals surface area (Å²) >= 11 is 0. The van der Waals surface area contributed by atoms with E-state index in [-0.39, 0.29) is 13.2 Å². The van der Waals surface area contributed by atoms with E-state index in [9.17, 15) is 13.6 Å². The smallest absolute Gasteiger partial charge is 0.341 e. The van der Waals surface area contributed by atoms with E-state index in [0.717, 1.165) is 0 Å². The van der Waals surface area contributed by atoms with Gasteiger partial charge in [-0.2, -0.15) is 0 Å². The molecular formula is C13H18F2N2O3. The van der Waals surface area contributed by atoms with Crippen LogP contribution in [0.3, 0.4) is 0 Å². The number of hydrogen-bond acceptors (Lipinski definition) is 5. The molecule has 0 saturated heterocycles. The maximum Gasteiger partial charge on any atom is 0.341 e. The number of ether oxygens (including phenoxy) is 2. The highest BCUT2D eigenvalue weighted by Crippen LogP contribution is 2.09. The van der Waals surface area contributed by atoms with Crippen LogP contribution in [-0.4, -0.2) is 42.2 Å². The normalized spacial score (nSPS) is 10.8. The number of carbonyl (C=O) groups is 1. The first-order chi connectivity index (χ1) is 9.58. The van der Waals surface area contributed by atoms with Crippen LogP contribution in [0.5, 0.6) is 0 Å². The molecule has 0 N–H and O–H groups in total. The Kier molecular flexibility index (Phi) is 7.00. The van der Waals surface area contributed by atoms with Gasteiger partial charge < -0.3 is 9.47 Å². The average Bonchev–Trinajstić information content (AvgIpc) is 2.43. The van der Waals surface area contributed by atoms with Crippen molar-refractivity contribution < 1.29 is 23.0 Å². The van der Waals surface area contributed by atoms with Gasteiger partial charge in [-0.05, 0) is 13.3 Å². The van der Waals surface area contributed by atoms with E-state index in [2.05, 4.69) is 9.97 Å². The maximum absolute atomic E-state index is 11.9. The first kappa shape index (κ1) is 16.4. The van der Waals surface area contributed by atoms with Gasteiger partial charge in [0, 0.05) is 12.6 Å². The second-order valence-electron chi connectivity index (χ2n) is 3.94. The second-order valence-corrected chi connectivity index (χ2v) is 3.94. The fourth-order valence-electron chi connectivity index (χ4n) is 1.56. The van der Waals surface area contributed by atoms with Crippen LogP contribution in [0.25, 0.3) is 0 Å². The van der Waals surface area contributed by atoms with Crippen molar-refractivity contribution in [1.29, 1.82) is 0 Å². The Morgan fingerprint density at radius 3 is 2.75 bits per heavy atom. The molecule has 7 heteroatoms. The summed E-state index contributed by atoms with van der Waals surface area (Å²) in [6.45, 7) is 3.39. The topological polar surface area (TPSA) is 61.3 Å². The Morgan fingerprint density at radius 1 is 1.40 bits per heavy atom. The molecule has 20 heavy (non-hydrogen) atoms. The van der Waals surface area contributed by atoms with E-state index in [1.807, 2.05) is 6.92 Å². The highest BCUT2D eigenvalue weighted by Gasteiger charge is 2.14. The fourth-order valence-corrected chi connectivity index (χ4v) is 1.56. The molecule has 0 radical (unpaired) electrons. The van der Waals surface area contributed by atoms with E-state index in [0.29, 0.717) is 29.9 Å². The van der Waals surface area contributed by atoms with Crippen molar-refractivity contribution in [2.75, 3.05) is 19.8 Å². The van der Waals surface area contributed by atoms with Gasteiger partial charge in [-0.1, -0.05) is 6.92 Å². The minimum Gasteiger partial charge on any atom is -0.462 e. The number of carbonyl (C=O) groups excluding carboxylic acids is 1. The maximum atomic E-state index is 11.9. The summed E-state index contributed by atoms with van der Waals surface area (Å²) in [5, 5.41) is 0. The van der Waals surface area contributed by atoms with Crippen molar-refractivity contribution in [2.24, 2.45) is 0 Å². The molecular weight excluding hydrogens is 270 g/mol. The third-order valence-electron chi connectivity index (χ3n) is 2.46. The Labute approximate surface area is 116 Å². The minimum absolute atomic E-state index is 0.117. The van der Waals surface area contributed by atoms with Gasteiger partial charge in [0.05, 0.1) is 24.5 Å². The summed E-state index contributed by atoms with van der Waals surface area (Å²) in [6, 6.07) is 0. The highest BCUT2D eigenvalue weighted by atomic mass is 19.3. The van der Waals surface area contributed by atoms with Crippen LogP contribution < -0.4 is 0 Å². The van der Waals surface area contributed by atoms with E-state index in [1.165, 1.54) is 6.20 Å². The predicted molar refractivity (Wildman–Crippen MR) is 67.9 cm³/mol. The molecule has 0 aliphatic heterocycles. The van der Waals surface area contributed by atoms with Gasteiger partial charge >= 0.3 is 5.97 Å². The third kappa shape index (κ3) is 5.16. The number of nitrogens with zero attached hydrogens (tertiary/aromatic N) is 2. The molecule has 0 atom stereocenters. The standard InChI is InChI=1S/C13H18F2N2O3/c1-3-10-9(13(18)20-4-2)7-16-12(17-10)5-6-19-8-11(14)15/h7,11H,3-6,8H2,1-2H3. The molecule has 0 unspecified atom stereocenters. The molecule has 112 valence electrons. The molecule has 1 heterocycles. The minimum atomic E-state index is -2.48. The molecule has 0 aliphatic rings. The van der Waals surface area contributed by atoms with E-state index in [4.69, 9.17) is 9.47 Å². The highest BCUT2D eigenvalue weighted by molar-refractivity contribution is 5.90. The van der Waals surface area contributed by atoms with Crippen molar-refractivity contribution in [3.05, 3.63) is 23.3 Å². The number of alkyl halides is 2. The van der Waals surface area contributed by atoms with Gasteiger partial charge in [0.2, 0.25) is 0 Å². The van der Waals surface area contributed by atoms with Gasteiger partial charge in [0.15, 0.2) is 0 Å². The molecule has 1 aromatic heterocycles. The number of esters is 1. The molecule has 0 amide bonds. The van der Waals surface area contributed by atoms with Gasteiger partial charge in [-0.25, -0.2) is 23.5 Å². The van der Waals surface area contributed by atoms with Crippen LogP contribution in [0.4, 0.5) is 8.78 Å². The van der Waals surface area contributed by atoms with Crippen LogP contribution in [0.2, 0.25) is 0 Å². The van der Waals surface area contributed by atoms with Gasteiger partial charge in [-0.3, -0.25) is 0 Å². The first-order valence-electron chi connectivity index (χ1n) is 6.46. The summed E-state index contributed by atoms with van der Waals surface area (Å²) in [4.78, 5) is 19.9. The number of rotatable bonds is 8. The zero-order chi connectivity index (χ0) is 15.0. The summed E-state index contributed by atoms with van der Waals surface area (Å²) in [5.74, 6) is 0.00835. The fraction of sp³-hybridized carbons (Fsp3) is 0.615. The van der Waals surface area contributed by atoms with Crippen LogP contribution in [-0.2, 0) is 22.3 Å². The van der Waals surface area contributed by atoms with E-state index in [1.54, 1.807) is 6.92 Å².